The van der Waals surface area contributed by atoms with E-state index in [1.165, 1.54) is 27.6 Å². The minimum atomic E-state index is -0.138. The molecule has 4 rings (SSSR count). The number of aromatic amines is 1. The standard InChI is InChI=1S/C23H21N3O2S2/c27-21(24-12-10-17-15-25-19-9-5-4-8-18(17)19)11-13-26-22(28)20(30-23(26)29)14-16-6-2-1-3-7-16/h1-9,14-15,25H,10-13H2,(H,24,27)/b20-14+. The van der Waals surface area contributed by atoms with Gasteiger partial charge in [0, 0.05) is 36.6 Å². The number of hydrogen-bond acceptors (Lipinski definition) is 4. The molecule has 1 saturated heterocycles. The molecule has 5 nitrogen and oxygen atoms in total. The van der Waals surface area contributed by atoms with Gasteiger partial charge in [0.1, 0.15) is 4.32 Å². The van der Waals surface area contributed by atoms with Crippen molar-refractivity contribution in [2.45, 2.75) is 12.8 Å². The largest absolute Gasteiger partial charge is 0.361 e. The third-order valence-corrected chi connectivity index (χ3v) is 6.30. The van der Waals surface area contributed by atoms with Gasteiger partial charge in [-0.1, -0.05) is 72.5 Å². The monoisotopic (exact) mass is 435 g/mol. The molecule has 1 aliphatic heterocycles. The van der Waals surface area contributed by atoms with Crippen LogP contribution in [0, 0.1) is 0 Å². The smallest absolute Gasteiger partial charge is 0.266 e. The Bertz CT molecular complexity index is 1120. The molecule has 0 radical (unpaired) electrons. The van der Waals surface area contributed by atoms with Gasteiger partial charge in [-0.15, -0.1) is 0 Å². The molecule has 0 unspecified atom stereocenters. The first kappa shape index (κ1) is 20.4. The number of H-pyrrole nitrogens is 1. The van der Waals surface area contributed by atoms with Crippen LogP contribution >= 0.6 is 24.0 Å². The normalized spacial score (nSPS) is 15.3. The molecule has 2 N–H and O–H groups in total. The molecule has 152 valence electrons. The van der Waals surface area contributed by atoms with E-state index in [4.69, 9.17) is 12.2 Å². The molecule has 0 aliphatic carbocycles. The van der Waals surface area contributed by atoms with Crippen LogP contribution in [0.4, 0.5) is 0 Å². The number of carbonyl (C=O) groups is 2. The van der Waals surface area contributed by atoms with Crippen molar-refractivity contribution in [3.8, 4) is 0 Å². The lowest BCUT2D eigenvalue weighted by atomic mass is 10.1. The van der Waals surface area contributed by atoms with Crippen molar-refractivity contribution >= 4 is 57.1 Å². The molecule has 30 heavy (non-hydrogen) atoms. The third kappa shape index (κ3) is 4.63. The van der Waals surface area contributed by atoms with Crippen molar-refractivity contribution in [2.75, 3.05) is 13.1 Å². The number of aromatic nitrogens is 1. The Labute approximate surface area is 184 Å². The van der Waals surface area contributed by atoms with Crippen LogP contribution in [0.5, 0.6) is 0 Å². The number of thioether (sulfide) groups is 1. The highest BCUT2D eigenvalue weighted by atomic mass is 32.2. The van der Waals surface area contributed by atoms with E-state index in [2.05, 4.69) is 16.4 Å². The summed E-state index contributed by atoms with van der Waals surface area (Å²) in [7, 11) is 0. The van der Waals surface area contributed by atoms with E-state index in [1.54, 1.807) is 0 Å². The summed E-state index contributed by atoms with van der Waals surface area (Å²) in [4.78, 5) is 30.2. The molecule has 2 aromatic carbocycles. The Balaban J connectivity index is 1.27. The maximum Gasteiger partial charge on any atom is 0.266 e. The summed E-state index contributed by atoms with van der Waals surface area (Å²) in [6, 6.07) is 17.8. The molecule has 0 spiro atoms. The van der Waals surface area contributed by atoms with E-state index < -0.39 is 0 Å². The van der Waals surface area contributed by atoms with Gasteiger partial charge in [0.25, 0.3) is 5.91 Å². The lowest BCUT2D eigenvalue weighted by Crippen LogP contribution is -2.34. The number of thiocarbonyl (C=S) groups is 1. The van der Waals surface area contributed by atoms with Crippen LogP contribution in [0.1, 0.15) is 17.5 Å². The van der Waals surface area contributed by atoms with E-state index in [0.29, 0.717) is 15.8 Å². The summed E-state index contributed by atoms with van der Waals surface area (Å²) in [5.74, 6) is -0.226. The second-order valence-corrected chi connectivity index (χ2v) is 8.63. The predicted molar refractivity (Wildman–Crippen MR) is 126 cm³/mol. The average molecular weight is 436 g/mol. The van der Waals surface area contributed by atoms with Crippen molar-refractivity contribution in [3.63, 3.8) is 0 Å². The lowest BCUT2D eigenvalue weighted by molar-refractivity contribution is -0.123. The maximum absolute atomic E-state index is 12.6. The lowest BCUT2D eigenvalue weighted by Gasteiger charge is -2.14. The molecule has 1 fully saturated rings. The van der Waals surface area contributed by atoms with E-state index in [9.17, 15) is 9.59 Å². The quantitative estimate of drug-likeness (QED) is 0.433. The number of rotatable bonds is 7. The van der Waals surface area contributed by atoms with Crippen molar-refractivity contribution in [3.05, 3.63) is 76.8 Å². The third-order valence-electron chi connectivity index (χ3n) is 4.92. The van der Waals surface area contributed by atoms with E-state index >= 15 is 0 Å². The fourth-order valence-corrected chi connectivity index (χ4v) is 4.68. The summed E-state index contributed by atoms with van der Waals surface area (Å²) in [5, 5.41) is 4.11. The Morgan fingerprint density at radius 2 is 1.90 bits per heavy atom. The van der Waals surface area contributed by atoms with Crippen molar-refractivity contribution < 1.29 is 9.59 Å². The molecule has 3 aromatic rings. The van der Waals surface area contributed by atoms with Crippen molar-refractivity contribution in [2.24, 2.45) is 0 Å². The number of carbonyl (C=O) groups excluding carboxylic acids is 2. The first-order valence-electron chi connectivity index (χ1n) is 9.74. The first-order valence-corrected chi connectivity index (χ1v) is 11.0. The number of nitrogens with one attached hydrogen (secondary N) is 2. The second-order valence-electron chi connectivity index (χ2n) is 6.95. The number of amides is 2. The topological polar surface area (TPSA) is 65.2 Å². The summed E-state index contributed by atoms with van der Waals surface area (Å²) in [6.07, 6.45) is 4.78. The Kier molecular flexibility index (Phi) is 6.30. The highest BCUT2D eigenvalue weighted by Crippen LogP contribution is 2.32. The van der Waals surface area contributed by atoms with E-state index in [-0.39, 0.29) is 24.8 Å². The summed E-state index contributed by atoms with van der Waals surface area (Å²) in [5.41, 5.74) is 3.22. The molecule has 2 amide bonds. The molecule has 1 aliphatic rings. The highest BCUT2D eigenvalue weighted by Gasteiger charge is 2.31. The zero-order valence-corrected chi connectivity index (χ0v) is 17.9. The predicted octanol–water partition coefficient (Wildman–Crippen LogP) is 4.12. The van der Waals surface area contributed by atoms with Crippen LogP contribution in [-0.2, 0) is 16.0 Å². The van der Waals surface area contributed by atoms with Gasteiger partial charge in [0.05, 0.1) is 4.91 Å². The molecular weight excluding hydrogens is 414 g/mol. The molecule has 2 heterocycles. The van der Waals surface area contributed by atoms with Crippen LogP contribution in [0.3, 0.4) is 0 Å². The fraction of sp³-hybridized carbons (Fsp3) is 0.174. The molecule has 0 atom stereocenters. The maximum atomic E-state index is 12.6. The number of para-hydroxylation sites is 1. The van der Waals surface area contributed by atoms with Gasteiger partial charge in [-0.05, 0) is 29.7 Å². The first-order chi connectivity index (χ1) is 14.6. The SMILES string of the molecule is O=C(CCN1C(=O)/C(=C\c2ccccc2)SC1=S)NCCc1c[nH]c2ccccc12. The van der Waals surface area contributed by atoms with Crippen LogP contribution < -0.4 is 5.32 Å². The average Bonchev–Trinajstić information content (AvgIpc) is 3.28. The Hall–Kier alpha value is -2.90. The van der Waals surface area contributed by atoms with Gasteiger partial charge in [-0.25, -0.2) is 0 Å². The zero-order valence-electron chi connectivity index (χ0n) is 16.3. The van der Waals surface area contributed by atoms with Gasteiger partial charge in [-0.3, -0.25) is 14.5 Å². The summed E-state index contributed by atoms with van der Waals surface area (Å²) >= 11 is 6.62. The fourth-order valence-electron chi connectivity index (χ4n) is 3.37. The van der Waals surface area contributed by atoms with Gasteiger partial charge >= 0.3 is 0 Å². The molecule has 1 aromatic heterocycles. The van der Waals surface area contributed by atoms with Crippen LogP contribution in [0.25, 0.3) is 17.0 Å². The number of fused-ring (bicyclic) bond motifs is 1. The van der Waals surface area contributed by atoms with Crippen molar-refractivity contribution in [1.29, 1.82) is 0 Å². The van der Waals surface area contributed by atoms with E-state index in [0.717, 1.165) is 17.5 Å². The minimum absolute atomic E-state index is 0.0871. The molecule has 0 saturated carbocycles. The van der Waals surface area contributed by atoms with Gasteiger partial charge in [0.2, 0.25) is 5.91 Å². The molecule has 7 heteroatoms. The number of nitrogens with zero attached hydrogens (tertiary/aromatic N) is 1. The van der Waals surface area contributed by atoms with Gasteiger partial charge in [0.15, 0.2) is 0 Å². The molecule has 0 bridgehead atoms. The van der Waals surface area contributed by atoms with Crippen LogP contribution in [0.15, 0.2) is 65.7 Å². The summed E-state index contributed by atoms with van der Waals surface area (Å²) < 4.78 is 0.494. The van der Waals surface area contributed by atoms with Crippen molar-refractivity contribution in [1.82, 2.24) is 15.2 Å². The Morgan fingerprint density at radius 1 is 1.13 bits per heavy atom. The number of benzene rings is 2. The molecular formula is C23H21N3O2S2. The Morgan fingerprint density at radius 3 is 2.73 bits per heavy atom. The minimum Gasteiger partial charge on any atom is -0.361 e. The van der Waals surface area contributed by atoms with Crippen LogP contribution in [-0.4, -0.2) is 39.1 Å². The second kappa shape index (κ2) is 9.28. The summed E-state index contributed by atoms with van der Waals surface area (Å²) in [6.45, 7) is 0.836. The van der Waals surface area contributed by atoms with Gasteiger partial charge in [-0.2, -0.15) is 0 Å². The van der Waals surface area contributed by atoms with Crippen LogP contribution in [0.2, 0.25) is 0 Å². The highest BCUT2D eigenvalue weighted by molar-refractivity contribution is 8.26. The zero-order chi connectivity index (χ0) is 20.9. The van der Waals surface area contributed by atoms with Gasteiger partial charge < -0.3 is 10.3 Å². The van der Waals surface area contributed by atoms with E-state index in [1.807, 2.05) is 60.8 Å². The number of hydrogen-bond donors (Lipinski definition) is 2.